The number of hydrogen-bond donors (Lipinski definition) is 0. The lowest BCUT2D eigenvalue weighted by atomic mass is 10.1. The molecule has 1 heterocycles. The second-order valence-corrected chi connectivity index (χ2v) is 4.37. The lowest BCUT2D eigenvalue weighted by Gasteiger charge is -2.07. The van der Waals surface area contributed by atoms with E-state index in [0.29, 0.717) is 11.4 Å². The van der Waals surface area contributed by atoms with E-state index in [1.54, 1.807) is 10.9 Å². The highest BCUT2D eigenvalue weighted by Gasteiger charge is 2.10. The van der Waals surface area contributed by atoms with E-state index < -0.39 is 11.6 Å². The summed E-state index contributed by atoms with van der Waals surface area (Å²) in [7, 11) is 0. The van der Waals surface area contributed by atoms with Crippen LogP contribution >= 0.6 is 0 Å². The molecule has 3 nitrogen and oxygen atoms in total. The van der Waals surface area contributed by atoms with E-state index in [-0.39, 0.29) is 6.42 Å². The van der Waals surface area contributed by atoms with Crippen LogP contribution in [0.4, 0.5) is 8.78 Å². The molecule has 20 heavy (non-hydrogen) atoms. The van der Waals surface area contributed by atoms with Crippen molar-refractivity contribution >= 4 is 0 Å². The second-order valence-electron chi connectivity index (χ2n) is 4.37. The summed E-state index contributed by atoms with van der Waals surface area (Å²) in [5.74, 6) is -0.565. The number of rotatable bonds is 3. The van der Waals surface area contributed by atoms with Gasteiger partial charge in [-0.1, -0.05) is 24.3 Å². The van der Waals surface area contributed by atoms with Gasteiger partial charge < -0.3 is 0 Å². The maximum atomic E-state index is 13.7. The number of halogens is 2. The van der Waals surface area contributed by atoms with Gasteiger partial charge >= 0.3 is 0 Å². The van der Waals surface area contributed by atoms with Crippen molar-refractivity contribution in [2.24, 2.45) is 0 Å². The molecule has 0 aliphatic heterocycles. The SMILES string of the molecule is Fc1ccc(Cc2nncn2-c2ccccc2)c(F)c1. The third-order valence-electron chi connectivity index (χ3n) is 3.02. The molecule has 3 rings (SSSR count). The third kappa shape index (κ3) is 2.42. The Kier molecular flexibility index (Phi) is 3.25. The first-order valence-corrected chi connectivity index (χ1v) is 6.12. The van der Waals surface area contributed by atoms with Crippen LogP contribution in [0.2, 0.25) is 0 Å². The number of para-hydroxylation sites is 1. The van der Waals surface area contributed by atoms with Crippen molar-refractivity contribution in [1.29, 1.82) is 0 Å². The zero-order chi connectivity index (χ0) is 13.9. The zero-order valence-corrected chi connectivity index (χ0v) is 10.5. The molecule has 5 heteroatoms. The third-order valence-corrected chi connectivity index (χ3v) is 3.02. The second kappa shape index (κ2) is 5.21. The first kappa shape index (κ1) is 12.5. The quantitative estimate of drug-likeness (QED) is 0.732. The maximum Gasteiger partial charge on any atom is 0.141 e. The summed E-state index contributed by atoms with van der Waals surface area (Å²) < 4.78 is 28.4. The highest BCUT2D eigenvalue weighted by atomic mass is 19.1. The van der Waals surface area contributed by atoms with Gasteiger partial charge in [0.1, 0.15) is 23.8 Å². The number of nitrogens with zero attached hydrogens (tertiary/aromatic N) is 3. The molecular formula is C15H11F2N3. The van der Waals surface area contributed by atoms with Crippen LogP contribution in [-0.4, -0.2) is 14.8 Å². The largest absolute Gasteiger partial charge is 0.285 e. The van der Waals surface area contributed by atoms with Gasteiger partial charge in [0.25, 0.3) is 0 Å². The topological polar surface area (TPSA) is 30.7 Å². The van der Waals surface area contributed by atoms with Crippen molar-refractivity contribution in [1.82, 2.24) is 14.8 Å². The molecule has 0 amide bonds. The van der Waals surface area contributed by atoms with E-state index in [4.69, 9.17) is 0 Å². The van der Waals surface area contributed by atoms with E-state index in [0.717, 1.165) is 11.8 Å². The van der Waals surface area contributed by atoms with Gasteiger partial charge in [-0.25, -0.2) is 8.78 Å². The lowest BCUT2D eigenvalue weighted by Crippen LogP contribution is -2.03. The molecule has 0 unspecified atom stereocenters. The van der Waals surface area contributed by atoms with Crippen LogP contribution in [-0.2, 0) is 6.42 Å². The van der Waals surface area contributed by atoms with Crippen LogP contribution < -0.4 is 0 Å². The highest BCUT2D eigenvalue weighted by molar-refractivity contribution is 5.33. The lowest BCUT2D eigenvalue weighted by molar-refractivity contribution is 0.573. The molecule has 0 bridgehead atoms. The fourth-order valence-electron chi connectivity index (χ4n) is 2.02. The molecule has 0 radical (unpaired) electrons. The Labute approximate surface area is 114 Å². The van der Waals surface area contributed by atoms with E-state index in [1.807, 2.05) is 30.3 Å². The minimum atomic E-state index is -0.587. The Bertz CT molecular complexity index is 723. The Morgan fingerprint density at radius 3 is 2.55 bits per heavy atom. The summed E-state index contributed by atoms with van der Waals surface area (Å²) in [6, 6.07) is 13.1. The molecular weight excluding hydrogens is 260 g/mol. The summed E-state index contributed by atoms with van der Waals surface area (Å²) in [5, 5.41) is 7.86. The summed E-state index contributed by atoms with van der Waals surface area (Å²) in [6.45, 7) is 0. The van der Waals surface area contributed by atoms with Crippen LogP contribution in [0.25, 0.3) is 5.69 Å². The van der Waals surface area contributed by atoms with Crippen LogP contribution in [0.5, 0.6) is 0 Å². The van der Waals surface area contributed by atoms with Crippen molar-refractivity contribution in [3.63, 3.8) is 0 Å². The maximum absolute atomic E-state index is 13.7. The summed E-state index contributed by atoms with van der Waals surface area (Å²) in [5.41, 5.74) is 1.28. The highest BCUT2D eigenvalue weighted by Crippen LogP contribution is 2.16. The van der Waals surface area contributed by atoms with Crippen LogP contribution in [0.15, 0.2) is 54.9 Å². The molecule has 3 aromatic rings. The van der Waals surface area contributed by atoms with Crippen molar-refractivity contribution in [2.45, 2.75) is 6.42 Å². The first-order valence-electron chi connectivity index (χ1n) is 6.12. The molecule has 2 aromatic carbocycles. The molecule has 0 atom stereocenters. The zero-order valence-electron chi connectivity index (χ0n) is 10.5. The molecule has 1 aromatic heterocycles. The molecule has 0 saturated carbocycles. The van der Waals surface area contributed by atoms with Gasteiger partial charge in [0.2, 0.25) is 0 Å². The number of aromatic nitrogens is 3. The molecule has 0 N–H and O–H groups in total. The fourth-order valence-corrected chi connectivity index (χ4v) is 2.02. The number of benzene rings is 2. The fraction of sp³-hybridized carbons (Fsp3) is 0.0667. The van der Waals surface area contributed by atoms with Crippen molar-refractivity contribution < 1.29 is 8.78 Å². The average Bonchev–Trinajstić information content (AvgIpc) is 2.91. The smallest absolute Gasteiger partial charge is 0.141 e. The molecule has 0 saturated heterocycles. The Morgan fingerprint density at radius 1 is 1.00 bits per heavy atom. The molecule has 0 fully saturated rings. The summed E-state index contributed by atoms with van der Waals surface area (Å²) in [4.78, 5) is 0. The number of hydrogen-bond acceptors (Lipinski definition) is 2. The predicted molar refractivity (Wildman–Crippen MR) is 70.5 cm³/mol. The average molecular weight is 271 g/mol. The molecule has 0 aliphatic carbocycles. The Morgan fingerprint density at radius 2 is 1.80 bits per heavy atom. The summed E-state index contributed by atoms with van der Waals surface area (Å²) in [6.07, 6.45) is 1.83. The monoisotopic (exact) mass is 271 g/mol. The van der Waals surface area contributed by atoms with Gasteiger partial charge in [-0.3, -0.25) is 4.57 Å². The minimum absolute atomic E-state index is 0.251. The van der Waals surface area contributed by atoms with Crippen LogP contribution in [0.1, 0.15) is 11.4 Å². The van der Waals surface area contributed by atoms with Gasteiger partial charge in [-0.05, 0) is 23.8 Å². The van der Waals surface area contributed by atoms with Crippen molar-refractivity contribution in [2.75, 3.05) is 0 Å². The van der Waals surface area contributed by atoms with E-state index in [9.17, 15) is 8.78 Å². The Balaban J connectivity index is 1.95. The van der Waals surface area contributed by atoms with Gasteiger partial charge in [-0.15, -0.1) is 10.2 Å². The van der Waals surface area contributed by atoms with E-state index >= 15 is 0 Å². The standard InChI is InChI=1S/C15H11F2N3/c16-12-7-6-11(14(17)9-12)8-15-19-18-10-20(15)13-4-2-1-3-5-13/h1-7,9-10H,8H2. The van der Waals surface area contributed by atoms with Gasteiger partial charge in [0.05, 0.1) is 0 Å². The van der Waals surface area contributed by atoms with Crippen molar-refractivity contribution in [3.8, 4) is 5.69 Å². The van der Waals surface area contributed by atoms with Crippen LogP contribution in [0, 0.1) is 11.6 Å². The van der Waals surface area contributed by atoms with E-state index in [2.05, 4.69) is 10.2 Å². The summed E-state index contributed by atoms with van der Waals surface area (Å²) >= 11 is 0. The van der Waals surface area contributed by atoms with Gasteiger partial charge in [0.15, 0.2) is 0 Å². The molecule has 100 valence electrons. The molecule has 0 aliphatic rings. The minimum Gasteiger partial charge on any atom is -0.285 e. The van der Waals surface area contributed by atoms with Gasteiger partial charge in [-0.2, -0.15) is 0 Å². The van der Waals surface area contributed by atoms with Crippen molar-refractivity contribution in [3.05, 3.63) is 77.9 Å². The van der Waals surface area contributed by atoms with Crippen LogP contribution in [0.3, 0.4) is 0 Å². The first-order chi connectivity index (χ1) is 9.74. The van der Waals surface area contributed by atoms with Gasteiger partial charge in [0, 0.05) is 18.2 Å². The van der Waals surface area contributed by atoms with E-state index in [1.165, 1.54) is 12.1 Å². The Hall–Kier alpha value is -2.56. The predicted octanol–water partition coefficient (Wildman–Crippen LogP) is 3.14. The molecule has 0 spiro atoms. The normalized spacial score (nSPS) is 10.7.